The Morgan fingerprint density at radius 1 is 1.22 bits per heavy atom. The lowest BCUT2D eigenvalue weighted by molar-refractivity contribution is -0.384. The zero-order valence-electron chi connectivity index (χ0n) is 17.4. The number of rotatable bonds is 7. The van der Waals surface area contributed by atoms with Crippen molar-refractivity contribution in [3.05, 3.63) is 40.1 Å². The molecule has 12 heteroatoms. The summed E-state index contributed by atoms with van der Waals surface area (Å²) in [5.74, 6) is 0.0178. The minimum atomic E-state index is -4.56. The summed E-state index contributed by atoms with van der Waals surface area (Å²) in [7, 11) is 1.60. The highest BCUT2D eigenvalue weighted by Crippen LogP contribution is 2.40. The molecule has 0 bridgehead atoms. The second-order valence-corrected chi connectivity index (χ2v) is 7.88. The third-order valence-corrected chi connectivity index (χ3v) is 5.56. The van der Waals surface area contributed by atoms with Crippen molar-refractivity contribution in [2.75, 3.05) is 35.7 Å². The van der Waals surface area contributed by atoms with Crippen LogP contribution in [0.5, 0.6) is 0 Å². The fourth-order valence-corrected chi connectivity index (χ4v) is 3.67. The minimum Gasteiger partial charge on any atom is -0.381 e. The second kappa shape index (κ2) is 8.77. The van der Waals surface area contributed by atoms with Crippen LogP contribution in [0.15, 0.2) is 24.4 Å². The second-order valence-electron chi connectivity index (χ2n) is 7.88. The Morgan fingerprint density at radius 2 is 1.94 bits per heavy atom. The molecule has 1 aliphatic heterocycles. The van der Waals surface area contributed by atoms with E-state index in [4.69, 9.17) is 4.74 Å². The van der Waals surface area contributed by atoms with E-state index in [1.165, 1.54) is 12.1 Å². The van der Waals surface area contributed by atoms with Gasteiger partial charge in [0.1, 0.15) is 6.20 Å². The first-order chi connectivity index (χ1) is 15.2. The van der Waals surface area contributed by atoms with Gasteiger partial charge in [-0.3, -0.25) is 10.1 Å². The SMILES string of the molecule is COC1CCN(c2ccc(Nc3ncc([N+](=O)[O-])c(NC4CC4)n3)cc2C(F)(F)F)CC1. The third-order valence-electron chi connectivity index (χ3n) is 5.56. The molecule has 1 saturated carbocycles. The first-order valence-corrected chi connectivity index (χ1v) is 10.3. The van der Waals surface area contributed by atoms with Gasteiger partial charge in [-0.1, -0.05) is 0 Å². The number of alkyl halides is 3. The first-order valence-electron chi connectivity index (χ1n) is 10.3. The van der Waals surface area contributed by atoms with Crippen molar-refractivity contribution in [1.82, 2.24) is 9.97 Å². The molecule has 0 amide bonds. The van der Waals surface area contributed by atoms with E-state index >= 15 is 0 Å². The number of methoxy groups -OCH3 is 1. The molecule has 32 heavy (non-hydrogen) atoms. The van der Waals surface area contributed by atoms with Crippen molar-refractivity contribution in [3.63, 3.8) is 0 Å². The summed E-state index contributed by atoms with van der Waals surface area (Å²) in [6.07, 6.45) is -0.398. The number of anilines is 4. The van der Waals surface area contributed by atoms with Crippen molar-refractivity contribution in [1.29, 1.82) is 0 Å². The summed E-state index contributed by atoms with van der Waals surface area (Å²) in [4.78, 5) is 20.3. The van der Waals surface area contributed by atoms with Gasteiger partial charge >= 0.3 is 11.9 Å². The Kier molecular flexibility index (Phi) is 6.04. The molecular formula is C20H23F3N6O3. The average molecular weight is 452 g/mol. The summed E-state index contributed by atoms with van der Waals surface area (Å²) < 4.78 is 46.8. The van der Waals surface area contributed by atoms with Gasteiger partial charge < -0.3 is 20.3 Å². The monoisotopic (exact) mass is 452 g/mol. The van der Waals surface area contributed by atoms with Crippen LogP contribution in [0.3, 0.4) is 0 Å². The van der Waals surface area contributed by atoms with Gasteiger partial charge in [-0.05, 0) is 43.9 Å². The molecule has 2 N–H and O–H groups in total. The standard InChI is InChI=1S/C20H23F3N6O3/c1-32-14-6-8-28(9-7-14)16-5-4-13(10-15(16)20(21,22)23)26-19-24-11-17(29(30)31)18(27-19)25-12-2-3-12/h4-5,10-12,14H,2-3,6-9H2,1H3,(H2,24,25,26,27). The molecule has 0 spiro atoms. The molecule has 172 valence electrons. The maximum atomic E-state index is 13.8. The van der Waals surface area contributed by atoms with Crippen LogP contribution in [0.2, 0.25) is 0 Å². The van der Waals surface area contributed by atoms with Crippen molar-refractivity contribution in [2.24, 2.45) is 0 Å². The van der Waals surface area contributed by atoms with Crippen molar-refractivity contribution in [2.45, 2.75) is 44.0 Å². The Labute approximate surface area is 182 Å². The quantitative estimate of drug-likeness (QED) is 0.472. The molecule has 1 aromatic carbocycles. The van der Waals surface area contributed by atoms with Gasteiger partial charge in [0.25, 0.3) is 0 Å². The Bertz CT molecular complexity index is 991. The highest BCUT2D eigenvalue weighted by molar-refractivity contribution is 5.66. The van der Waals surface area contributed by atoms with E-state index in [0.717, 1.165) is 25.1 Å². The van der Waals surface area contributed by atoms with Crippen LogP contribution in [0.25, 0.3) is 0 Å². The lowest BCUT2D eigenvalue weighted by Crippen LogP contribution is -2.37. The van der Waals surface area contributed by atoms with E-state index in [1.54, 1.807) is 12.0 Å². The molecule has 1 aromatic heterocycles. The zero-order chi connectivity index (χ0) is 22.9. The molecule has 9 nitrogen and oxygen atoms in total. The first kappa shape index (κ1) is 22.1. The largest absolute Gasteiger partial charge is 0.418 e. The van der Waals surface area contributed by atoms with Crippen molar-refractivity contribution < 1.29 is 22.8 Å². The Balaban J connectivity index is 1.58. The smallest absolute Gasteiger partial charge is 0.381 e. The van der Waals surface area contributed by atoms with Crippen LogP contribution in [-0.4, -0.2) is 47.2 Å². The summed E-state index contributed by atoms with van der Waals surface area (Å²) in [6.45, 7) is 0.937. The van der Waals surface area contributed by atoms with E-state index < -0.39 is 16.7 Å². The minimum absolute atomic E-state index is 0.0273. The van der Waals surface area contributed by atoms with Gasteiger partial charge in [-0.25, -0.2) is 4.98 Å². The number of nitro groups is 1. The number of hydrogen-bond donors (Lipinski definition) is 2. The van der Waals surface area contributed by atoms with E-state index in [9.17, 15) is 23.3 Å². The van der Waals surface area contributed by atoms with Gasteiger partial charge in [0.15, 0.2) is 0 Å². The molecule has 0 unspecified atom stereocenters. The number of nitrogens with zero attached hydrogens (tertiary/aromatic N) is 4. The number of ether oxygens (including phenoxy) is 1. The molecule has 2 fully saturated rings. The fraction of sp³-hybridized carbons (Fsp3) is 0.500. The van der Waals surface area contributed by atoms with Crippen LogP contribution in [-0.2, 0) is 10.9 Å². The van der Waals surface area contributed by atoms with Crippen LogP contribution in [0.4, 0.5) is 42.0 Å². The normalized spacial score (nSPS) is 17.3. The number of halogens is 3. The third kappa shape index (κ3) is 5.01. The molecule has 1 saturated heterocycles. The number of piperidine rings is 1. The Hall–Kier alpha value is -3.15. The number of hydrogen-bond acceptors (Lipinski definition) is 8. The molecular weight excluding hydrogens is 429 g/mol. The predicted molar refractivity (Wildman–Crippen MR) is 112 cm³/mol. The lowest BCUT2D eigenvalue weighted by Gasteiger charge is -2.34. The van der Waals surface area contributed by atoms with Gasteiger partial charge in [0.05, 0.1) is 16.6 Å². The summed E-state index contributed by atoms with van der Waals surface area (Å²) in [5, 5.41) is 16.9. The van der Waals surface area contributed by atoms with E-state index in [0.29, 0.717) is 25.9 Å². The van der Waals surface area contributed by atoms with E-state index in [2.05, 4.69) is 20.6 Å². The number of benzene rings is 1. The number of aromatic nitrogens is 2. The van der Waals surface area contributed by atoms with Crippen LogP contribution in [0, 0.1) is 10.1 Å². The molecule has 2 heterocycles. The van der Waals surface area contributed by atoms with Crippen LogP contribution < -0.4 is 15.5 Å². The van der Waals surface area contributed by atoms with E-state index in [-0.39, 0.29) is 41.0 Å². The summed E-state index contributed by atoms with van der Waals surface area (Å²) >= 11 is 0. The lowest BCUT2D eigenvalue weighted by atomic mass is 10.0. The highest BCUT2D eigenvalue weighted by Gasteiger charge is 2.36. The molecule has 0 radical (unpaired) electrons. The van der Waals surface area contributed by atoms with Gasteiger partial charge in [-0.15, -0.1) is 0 Å². The fourth-order valence-electron chi connectivity index (χ4n) is 3.67. The molecule has 0 atom stereocenters. The van der Waals surface area contributed by atoms with E-state index in [1.807, 2.05) is 0 Å². The van der Waals surface area contributed by atoms with Gasteiger partial charge in [-0.2, -0.15) is 18.2 Å². The van der Waals surface area contributed by atoms with Crippen molar-refractivity contribution >= 4 is 28.8 Å². The highest BCUT2D eigenvalue weighted by atomic mass is 19.4. The number of nitrogens with one attached hydrogen (secondary N) is 2. The van der Waals surface area contributed by atoms with Crippen LogP contribution in [0.1, 0.15) is 31.2 Å². The summed E-state index contributed by atoms with van der Waals surface area (Å²) in [5.41, 5.74) is -0.803. The molecule has 4 rings (SSSR count). The van der Waals surface area contributed by atoms with Gasteiger partial charge in [0.2, 0.25) is 11.8 Å². The average Bonchev–Trinajstić information content (AvgIpc) is 3.57. The zero-order valence-corrected chi connectivity index (χ0v) is 17.4. The topological polar surface area (TPSA) is 105 Å². The van der Waals surface area contributed by atoms with Crippen LogP contribution >= 0.6 is 0 Å². The van der Waals surface area contributed by atoms with Gasteiger partial charge in [0, 0.05) is 37.6 Å². The Morgan fingerprint density at radius 3 is 2.53 bits per heavy atom. The molecule has 2 aromatic rings. The molecule has 1 aliphatic carbocycles. The van der Waals surface area contributed by atoms with Crippen molar-refractivity contribution in [3.8, 4) is 0 Å². The summed E-state index contributed by atoms with van der Waals surface area (Å²) in [6, 6.07) is 4.06. The maximum Gasteiger partial charge on any atom is 0.418 e. The molecule has 2 aliphatic rings. The predicted octanol–water partition coefficient (Wildman–Crippen LogP) is 4.34. The maximum absolute atomic E-state index is 13.8.